The molecule has 0 saturated heterocycles. The van der Waals surface area contributed by atoms with Gasteiger partial charge >= 0.3 is 0 Å². The summed E-state index contributed by atoms with van der Waals surface area (Å²) in [5.41, 5.74) is 0.294. The third kappa shape index (κ3) is 4.99. The van der Waals surface area contributed by atoms with E-state index in [0.717, 1.165) is 17.6 Å². The van der Waals surface area contributed by atoms with Crippen LogP contribution in [0.4, 0.5) is 0 Å². The van der Waals surface area contributed by atoms with Crippen molar-refractivity contribution in [2.45, 2.75) is 136 Å². The molecule has 0 aromatic rings. The third-order valence-electron chi connectivity index (χ3n) is 8.70. The summed E-state index contributed by atoms with van der Waals surface area (Å²) in [5.74, 6) is 2.58. The van der Waals surface area contributed by atoms with E-state index in [4.69, 9.17) is 0 Å². The highest BCUT2D eigenvalue weighted by atomic mass is 16.1. The standard InChI is InChI=1S/C26H46O/c1-3-5-7-8-10-12-23-15-19-26(20-16-23)21-25(24(26)27)17-13-22(14-18-25)11-9-6-4-2/h22-23H,3-21H2,1-2H3. The van der Waals surface area contributed by atoms with Crippen molar-refractivity contribution in [3.05, 3.63) is 0 Å². The van der Waals surface area contributed by atoms with Gasteiger partial charge in [-0.1, -0.05) is 78.1 Å². The third-order valence-corrected chi connectivity index (χ3v) is 8.70. The Balaban J connectivity index is 1.36. The van der Waals surface area contributed by atoms with Gasteiger partial charge in [0, 0.05) is 10.8 Å². The molecule has 1 nitrogen and oxygen atoms in total. The van der Waals surface area contributed by atoms with Gasteiger partial charge < -0.3 is 0 Å². The lowest BCUT2D eigenvalue weighted by atomic mass is 9.43. The lowest BCUT2D eigenvalue weighted by Gasteiger charge is -2.59. The van der Waals surface area contributed by atoms with E-state index in [0.29, 0.717) is 0 Å². The maximum Gasteiger partial charge on any atom is 0.145 e. The molecule has 0 aromatic heterocycles. The fourth-order valence-corrected chi connectivity index (χ4v) is 6.83. The molecular weight excluding hydrogens is 328 g/mol. The van der Waals surface area contributed by atoms with Gasteiger partial charge in [0.25, 0.3) is 0 Å². The first kappa shape index (κ1) is 21.4. The van der Waals surface area contributed by atoms with Crippen LogP contribution in [-0.2, 0) is 4.79 Å². The number of Topliss-reactive ketones (excluding diaryl/α,β-unsaturated/α-hetero) is 1. The molecule has 3 fully saturated rings. The Labute approximate surface area is 169 Å². The van der Waals surface area contributed by atoms with Gasteiger partial charge in [-0.2, -0.15) is 0 Å². The van der Waals surface area contributed by atoms with Crippen LogP contribution in [0.3, 0.4) is 0 Å². The van der Waals surface area contributed by atoms with E-state index in [1.54, 1.807) is 0 Å². The highest BCUT2D eigenvalue weighted by Crippen LogP contribution is 2.64. The monoisotopic (exact) mass is 374 g/mol. The zero-order valence-electron chi connectivity index (χ0n) is 18.5. The van der Waals surface area contributed by atoms with Crippen LogP contribution in [-0.4, -0.2) is 5.78 Å². The molecule has 0 bridgehead atoms. The molecule has 3 saturated carbocycles. The minimum atomic E-state index is 0.147. The van der Waals surface area contributed by atoms with Crippen LogP contribution < -0.4 is 0 Å². The molecule has 3 aliphatic carbocycles. The minimum Gasteiger partial charge on any atom is -0.298 e. The van der Waals surface area contributed by atoms with Gasteiger partial charge in [0.1, 0.15) is 5.78 Å². The maximum atomic E-state index is 13.3. The van der Waals surface area contributed by atoms with Crippen LogP contribution in [0.15, 0.2) is 0 Å². The predicted octanol–water partition coefficient (Wildman–Crippen LogP) is 8.25. The van der Waals surface area contributed by atoms with Crippen molar-refractivity contribution >= 4 is 5.78 Å². The van der Waals surface area contributed by atoms with E-state index >= 15 is 0 Å². The molecule has 156 valence electrons. The molecule has 3 aliphatic rings. The van der Waals surface area contributed by atoms with Crippen molar-refractivity contribution in [2.75, 3.05) is 0 Å². The number of unbranched alkanes of at least 4 members (excludes halogenated alkanes) is 6. The van der Waals surface area contributed by atoms with Gasteiger partial charge in [-0.05, 0) is 69.6 Å². The molecule has 0 amide bonds. The van der Waals surface area contributed by atoms with Crippen LogP contribution in [0.2, 0.25) is 0 Å². The summed E-state index contributed by atoms with van der Waals surface area (Å²) < 4.78 is 0. The largest absolute Gasteiger partial charge is 0.298 e. The second-order valence-corrected chi connectivity index (χ2v) is 10.7. The van der Waals surface area contributed by atoms with Crippen LogP contribution in [0.1, 0.15) is 136 Å². The summed E-state index contributed by atoms with van der Waals surface area (Å²) in [7, 11) is 0. The number of hydrogen-bond acceptors (Lipinski definition) is 1. The molecule has 3 rings (SSSR count). The summed E-state index contributed by atoms with van der Waals surface area (Å²) in [4.78, 5) is 13.3. The Morgan fingerprint density at radius 1 is 0.667 bits per heavy atom. The molecule has 0 aromatic carbocycles. The van der Waals surface area contributed by atoms with Gasteiger partial charge in [0.2, 0.25) is 0 Å². The smallest absolute Gasteiger partial charge is 0.145 e. The van der Waals surface area contributed by atoms with E-state index in [-0.39, 0.29) is 10.8 Å². The van der Waals surface area contributed by atoms with Crippen molar-refractivity contribution in [3.8, 4) is 0 Å². The Morgan fingerprint density at radius 2 is 1.07 bits per heavy atom. The van der Waals surface area contributed by atoms with Crippen LogP contribution in [0.5, 0.6) is 0 Å². The first-order valence-electron chi connectivity index (χ1n) is 12.7. The summed E-state index contributed by atoms with van der Waals surface area (Å²) in [6, 6.07) is 0. The molecule has 0 aliphatic heterocycles. The Hall–Kier alpha value is -0.330. The highest BCUT2D eigenvalue weighted by Gasteiger charge is 2.62. The van der Waals surface area contributed by atoms with E-state index in [2.05, 4.69) is 13.8 Å². The number of hydrogen-bond donors (Lipinski definition) is 0. The molecule has 0 unspecified atom stereocenters. The Morgan fingerprint density at radius 3 is 1.52 bits per heavy atom. The minimum absolute atomic E-state index is 0.147. The maximum absolute atomic E-state index is 13.3. The average Bonchev–Trinajstić information content (AvgIpc) is 2.70. The number of carbonyl (C=O) groups excluding carboxylic acids is 1. The van der Waals surface area contributed by atoms with E-state index < -0.39 is 0 Å². The molecule has 0 atom stereocenters. The van der Waals surface area contributed by atoms with Gasteiger partial charge in [-0.25, -0.2) is 0 Å². The fraction of sp³-hybridized carbons (Fsp3) is 0.962. The SMILES string of the molecule is CCCCCCCC1CCC2(CC1)CC1(CCC(CCCCC)CC1)C2=O. The van der Waals surface area contributed by atoms with Gasteiger partial charge in [-0.15, -0.1) is 0 Å². The van der Waals surface area contributed by atoms with Gasteiger partial charge in [0.05, 0.1) is 0 Å². The zero-order valence-corrected chi connectivity index (χ0v) is 18.5. The number of rotatable bonds is 10. The summed E-state index contributed by atoms with van der Waals surface area (Å²) in [6.07, 6.45) is 25.6. The van der Waals surface area contributed by atoms with E-state index in [1.807, 2.05) is 0 Å². The van der Waals surface area contributed by atoms with Crippen molar-refractivity contribution in [1.82, 2.24) is 0 Å². The molecule has 27 heavy (non-hydrogen) atoms. The van der Waals surface area contributed by atoms with Crippen LogP contribution in [0, 0.1) is 22.7 Å². The quantitative estimate of drug-likeness (QED) is 0.352. The van der Waals surface area contributed by atoms with Crippen molar-refractivity contribution in [2.24, 2.45) is 22.7 Å². The van der Waals surface area contributed by atoms with Gasteiger partial charge in [-0.3, -0.25) is 4.79 Å². The molecule has 0 heterocycles. The first-order chi connectivity index (χ1) is 13.1. The zero-order chi connectivity index (χ0) is 19.2. The molecular formula is C26H46O. The average molecular weight is 375 g/mol. The summed E-state index contributed by atoms with van der Waals surface area (Å²) >= 11 is 0. The number of carbonyl (C=O) groups is 1. The number of ketones is 1. The fourth-order valence-electron chi connectivity index (χ4n) is 6.83. The highest BCUT2D eigenvalue weighted by molar-refractivity contribution is 5.96. The Kier molecular flexibility index (Phi) is 7.86. The molecule has 0 N–H and O–H groups in total. The normalized spacial score (nSPS) is 36.3. The second kappa shape index (κ2) is 9.93. The van der Waals surface area contributed by atoms with E-state index in [1.165, 1.54) is 122 Å². The molecule has 2 spiro atoms. The van der Waals surface area contributed by atoms with Crippen LogP contribution >= 0.6 is 0 Å². The second-order valence-electron chi connectivity index (χ2n) is 10.7. The molecule has 0 radical (unpaired) electrons. The van der Waals surface area contributed by atoms with Crippen LogP contribution in [0.25, 0.3) is 0 Å². The van der Waals surface area contributed by atoms with Crippen molar-refractivity contribution in [3.63, 3.8) is 0 Å². The van der Waals surface area contributed by atoms with Crippen molar-refractivity contribution in [1.29, 1.82) is 0 Å². The van der Waals surface area contributed by atoms with E-state index in [9.17, 15) is 4.79 Å². The first-order valence-corrected chi connectivity index (χ1v) is 12.7. The lowest BCUT2D eigenvalue weighted by molar-refractivity contribution is -0.169. The summed E-state index contributed by atoms with van der Waals surface area (Å²) in [6.45, 7) is 4.59. The lowest BCUT2D eigenvalue weighted by Crippen LogP contribution is -2.59. The predicted molar refractivity (Wildman–Crippen MR) is 116 cm³/mol. The Bertz CT molecular complexity index is 449. The van der Waals surface area contributed by atoms with Gasteiger partial charge in [0.15, 0.2) is 0 Å². The topological polar surface area (TPSA) is 17.1 Å². The summed E-state index contributed by atoms with van der Waals surface area (Å²) in [5, 5.41) is 0. The van der Waals surface area contributed by atoms with Crippen molar-refractivity contribution < 1.29 is 4.79 Å². The molecule has 1 heteroatoms.